The number of anilines is 1. The second-order valence-corrected chi connectivity index (χ2v) is 5.84. The first-order valence-corrected chi connectivity index (χ1v) is 7.68. The Morgan fingerprint density at radius 1 is 1.39 bits per heavy atom. The standard InChI is InChI=1S/C16H21N3O3.ClH/c1-17-9-11-4-6-19(7-5-11)16(21)12-2-3-14-13(8-12)18-15(20)10-22-14;/h2-3,8,11,17H,4-7,9-10H2,1H3,(H,18,20);1H. The summed E-state index contributed by atoms with van der Waals surface area (Å²) < 4.78 is 5.31. The van der Waals surface area contributed by atoms with Crippen LogP contribution in [0.3, 0.4) is 0 Å². The number of amides is 2. The van der Waals surface area contributed by atoms with Crippen LogP contribution >= 0.6 is 12.4 Å². The maximum absolute atomic E-state index is 12.6. The fourth-order valence-corrected chi connectivity index (χ4v) is 3.03. The molecule has 3 rings (SSSR count). The fraction of sp³-hybridized carbons (Fsp3) is 0.500. The van der Waals surface area contributed by atoms with E-state index in [2.05, 4.69) is 10.6 Å². The monoisotopic (exact) mass is 339 g/mol. The van der Waals surface area contributed by atoms with Gasteiger partial charge in [0.2, 0.25) is 0 Å². The molecule has 2 amide bonds. The van der Waals surface area contributed by atoms with Crippen LogP contribution in [0.4, 0.5) is 5.69 Å². The van der Waals surface area contributed by atoms with Crippen molar-refractivity contribution in [2.24, 2.45) is 5.92 Å². The van der Waals surface area contributed by atoms with Crippen molar-refractivity contribution in [1.29, 1.82) is 0 Å². The minimum absolute atomic E-state index is 0. The van der Waals surface area contributed by atoms with Crippen molar-refractivity contribution in [3.63, 3.8) is 0 Å². The van der Waals surface area contributed by atoms with E-state index in [-0.39, 0.29) is 30.8 Å². The average Bonchev–Trinajstić information content (AvgIpc) is 2.54. The van der Waals surface area contributed by atoms with Gasteiger partial charge in [-0.05, 0) is 50.6 Å². The second-order valence-electron chi connectivity index (χ2n) is 5.84. The van der Waals surface area contributed by atoms with E-state index in [9.17, 15) is 9.59 Å². The fourth-order valence-electron chi connectivity index (χ4n) is 3.03. The number of hydrogen-bond donors (Lipinski definition) is 2. The summed E-state index contributed by atoms with van der Waals surface area (Å²) in [5.41, 5.74) is 1.17. The number of fused-ring (bicyclic) bond motifs is 1. The van der Waals surface area contributed by atoms with Gasteiger partial charge in [-0.1, -0.05) is 0 Å². The van der Waals surface area contributed by atoms with Crippen LogP contribution in [0.5, 0.6) is 5.75 Å². The van der Waals surface area contributed by atoms with Gasteiger partial charge in [-0.2, -0.15) is 0 Å². The molecule has 2 heterocycles. The maximum Gasteiger partial charge on any atom is 0.262 e. The van der Waals surface area contributed by atoms with Crippen LogP contribution in [-0.4, -0.2) is 50.0 Å². The van der Waals surface area contributed by atoms with Gasteiger partial charge in [-0.15, -0.1) is 12.4 Å². The number of rotatable bonds is 3. The Morgan fingerprint density at radius 3 is 2.83 bits per heavy atom. The lowest BCUT2D eigenvalue weighted by molar-refractivity contribution is -0.118. The Labute approximate surface area is 142 Å². The third-order valence-electron chi connectivity index (χ3n) is 4.25. The lowest BCUT2D eigenvalue weighted by Gasteiger charge is -2.32. The molecule has 1 fully saturated rings. The van der Waals surface area contributed by atoms with Crippen molar-refractivity contribution < 1.29 is 14.3 Å². The molecule has 2 aliphatic heterocycles. The quantitative estimate of drug-likeness (QED) is 0.875. The van der Waals surface area contributed by atoms with Crippen molar-refractivity contribution >= 4 is 29.9 Å². The van der Waals surface area contributed by atoms with Gasteiger partial charge in [-0.25, -0.2) is 0 Å². The van der Waals surface area contributed by atoms with Crippen LogP contribution in [0.2, 0.25) is 0 Å². The van der Waals surface area contributed by atoms with Gasteiger partial charge in [-0.3, -0.25) is 9.59 Å². The van der Waals surface area contributed by atoms with Crippen LogP contribution in [0, 0.1) is 5.92 Å². The molecule has 2 aliphatic rings. The molecule has 0 unspecified atom stereocenters. The normalized spacial score (nSPS) is 17.6. The highest BCUT2D eigenvalue weighted by atomic mass is 35.5. The minimum Gasteiger partial charge on any atom is -0.482 e. The first-order valence-electron chi connectivity index (χ1n) is 7.68. The van der Waals surface area contributed by atoms with E-state index in [1.54, 1.807) is 18.2 Å². The zero-order valence-corrected chi connectivity index (χ0v) is 13.9. The van der Waals surface area contributed by atoms with E-state index in [4.69, 9.17) is 4.74 Å². The van der Waals surface area contributed by atoms with Crippen LogP contribution in [0.1, 0.15) is 23.2 Å². The predicted molar refractivity (Wildman–Crippen MR) is 90.4 cm³/mol. The molecule has 1 saturated heterocycles. The average molecular weight is 340 g/mol. The summed E-state index contributed by atoms with van der Waals surface area (Å²) in [6, 6.07) is 5.21. The summed E-state index contributed by atoms with van der Waals surface area (Å²) in [5.74, 6) is 1.09. The number of ether oxygens (including phenoxy) is 1. The number of nitrogens with one attached hydrogen (secondary N) is 2. The smallest absolute Gasteiger partial charge is 0.262 e. The summed E-state index contributed by atoms with van der Waals surface area (Å²) in [4.78, 5) is 25.8. The van der Waals surface area contributed by atoms with Gasteiger partial charge < -0.3 is 20.3 Å². The zero-order chi connectivity index (χ0) is 15.5. The molecular formula is C16H22ClN3O3. The molecule has 0 aromatic heterocycles. The summed E-state index contributed by atoms with van der Waals surface area (Å²) in [7, 11) is 1.96. The lowest BCUT2D eigenvalue weighted by Crippen LogP contribution is -2.40. The number of benzene rings is 1. The molecule has 1 aromatic carbocycles. The molecule has 0 saturated carbocycles. The maximum atomic E-state index is 12.6. The molecule has 2 N–H and O–H groups in total. The van der Waals surface area contributed by atoms with E-state index < -0.39 is 0 Å². The van der Waals surface area contributed by atoms with Gasteiger partial charge in [0.05, 0.1) is 5.69 Å². The highest BCUT2D eigenvalue weighted by Gasteiger charge is 2.24. The van der Waals surface area contributed by atoms with Gasteiger partial charge in [0.25, 0.3) is 11.8 Å². The van der Waals surface area contributed by atoms with Crippen molar-refractivity contribution in [2.75, 3.05) is 38.6 Å². The van der Waals surface area contributed by atoms with Crippen LogP contribution in [0.25, 0.3) is 0 Å². The Morgan fingerprint density at radius 2 is 2.13 bits per heavy atom. The second kappa shape index (κ2) is 7.66. The van der Waals surface area contributed by atoms with Gasteiger partial charge in [0, 0.05) is 18.7 Å². The molecule has 0 aliphatic carbocycles. The molecule has 0 bridgehead atoms. The molecule has 0 radical (unpaired) electrons. The number of piperidine rings is 1. The Kier molecular flexibility index (Phi) is 5.85. The van der Waals surface area contributed by atoms with Crippen LogP contribution in [-0.2, 0) is 4.79 Å². The van der Waals surface area contributed by atoms with Gasteiger partial charge in [0.15, 0.2) is 6.61 Å². The number of halogens is 1. The topological polar surface area (TPSA) is 70.7 Å². The molecule has 0 atom stereocenters. The molecule has 1 aromatic rings. The largest absolute Gasteiger partial charge is 0.482 e. The van der Waals surface area contributed by atoms with E-state index >= 15 is 0 Å². The minimum atomic E-state index is -0.190. The number of likely N-dealkylation sites (tertiary alicyclic amines) is 1. The summed E-state index contributed by atoms with van der Waals surface area (Å²) >= 11 is 0. The van der Waals surface area contributed by atoms with Crippen molar-refractivity contribution in [1.82, 2.24) is 10.2 Å². The first kappa shape index (κ1) is 17.6. The third kappa shape index (κ3) is 3.95. The number of carbonyl (C=O) groups excluding carboxylic acids is 2. The van der Waals surface area contributed by atoms with Crippen LogP contribution in [0.15, 0.2) is 18.2 Å². The van der Waals surface area contributed by atoms with Crippen molar-refractivity contribution in [3.05, 3.63) is 23.8 Å². The number of hydrogen-bond acceptors (Lipinski definition) is 4. The molecule has 23 heavy (non-hydrogen) atoms. The molecular weight excluding hydrogens is 318 g/mol. The van der Waals surface area contributed by atoms with Crippen molar-refractivity contribution in [2.45, 2.75) is 12.8 Å². The van der Waals surface area contributed by atoms with E-state index in [1.165, 1.54) is 0 Å². The third-order valence-corrected chi connectivity index (χ3v) is 4.25. The highest BCUT2D eigenvalue weighted by Crippen LogP contribution is 2.29. The van der Waals surface area contributed by atoms with E-state index in [1.807, 2.05) is 11.9 Å². The Balaban J connectivity index is 0.00000192. The van der Waals surface area contributed by atoms with Crippen molar-refractivity contribution in [3.8, 4) is 5.75 Å². The van der Waals surface area contributed by atoms with Crippen LogP contribution < -0.4 is 15.4 Å². The summed E-state index contributed by atoms with van der Waals surface area (Å²) in [6.07, 6.45) is 2.05. The predicted octanol–water partition coefficient (Wildman–Crippen LogP) is 1.51. The molecule has 126 valence electrons. The molecule has 0 spiro atoms. The summed E-state index contributed by atoms with van der Waals surface area (Å²) in [6.45, 7) is 2.60. The zero-order valence-electron chi connectivity index (χ0n) is 13.1. The lowest BCUT2D eigenvalue weighted by atomic mass is 9.96. The first-order chi connectivity index (χ1) is 10.7. The Bertz CT molecular complexity index is 586. The van der Waals surface area contributed by atoms with Gasteiger partial charge >= 0.3 is 0 Å². The summed E-state index contributed by atoms with van der Waals surface area (Å²) in [5, 5.41) is 5.93. The number of nitrogens with zero attached hydrogens (tertiary/aromatic N) is 1. The Hall–Kier alpha value is -1.79. The SMILES string of the molecule is CNCC1CCN(C(=O)c2ccc3c(c2)NC(=O)CO3)CC1.Cl. The van der Waals surface area contributed by atoms with E-state index in [0.29, 0.717) is 22.9 Å². The number of carbonyl (C=O) groups is 2. The molecule has 7 heteroatoms. The highest BCUT2D eigenvalue weighted by molar-refractivity contribution is 5.99. The van der Waals surface area contributed by atoms with E-state index in [0.717, 1.165) is 32.5 Å². The molecule has 6 nitrogen and oxygen atoms in total. The van der Waals surface area contributed by atoms with Gasteiger partial charge in [0.1, 0.15) is 5.75 Å².